The number of halogens is 2. The molecule has 0 bridgehead atoms. The van der Waals surface area contributed by atoms with Gasteiger partial charge in [0.25, 0.3) is 10.1 Å². The molecule has 0 saturated carbocycles. The van der Waals surface area contributed by atoms with Crippen molar-refractivity contribution >= 4 is 61.3 Å². The summed E-state index contributed by atoms with van der Waals surface area (Å²) in [6.07, 6.45) is 0. The Morgan fingerprint density at radius 2 is 1.67 bits per heavy atom. The first-order valence-corrected chi connectivity index (χ1v) is 9.12. The summed E-state index contributed by atoms with van der Waals surface area (Å²) in [5.41, 5.74) is 0.426. The van der Waals surface area contributed by atoms with E-state index in [9.17, 15) is 13.2 Å². The lowest BCUT2D eigenvalue weighted by molar-refractivity contribution is 0.0733. The maximum Gasteiger partial charge on any atom is 0.344 e. The van der Waals surface area contributed by atoms with Gasteiger partial charge in [-0.2, -0.15) is 8.42 Å². The number of esters is 1. The van der Waals surface area contributed by atoms with E-state index < -0.39 is 16.1 Å². The predicted molar refractivity (Wildman–Crippen MR) is 93.1 cm³/mol. The van der Waals surface area contributed by atoms with Crippen LogP contribution in [0.1, 0.15) is 10.4 Å². The van der Waals surface area contributed by atoms with Crippen LogP contribution in [0.4, 0.5) is 0 Å². The van der Waals surface area contributed by atoms with Gasteiger partial charge in [-0.3, -0.25) is 4.55 Å². The van der Waals surface area contributed by atoms with Crippen molar-refractivity contribution in [2.75, 3.05) is 0 Å². The van der Waals surface area contributed by atoms with E-state index in [4.69, 9.17) is 9.29 Å². The molecule has 5 nitrogen and oxygen atoms in total. The number of rotatable bonds is 3. The number of benzene rings is 2. The van der Waals surface area contributed by atoms with E-state index in [2.05, 4.69) is 22.6 Å². The van der Waals surface area contributed by atoms with Gasteiger partial charge in [0.2, 0.25) is 0 Å². The predicted octanol–water partition coefficient (Wildman–Crippen LogP) is 3.36. The number of carbonyl (C=O) groups excluding carboxylic acids is 1. The lowest BCUT2D eigenvalue weighted by Crippen LogP contribution is -2.10. The van der Waals surface area contributed by atoms with E-state index in [-0.39, 0.29) is 10.6 Å². The monoisotopic (exact) mass is 530 g/mol. The highest BCUT2D eigenvalue weighted by molar-refractivity contribution is 14.1. The minimum Gasteiger partial charge on any atom is -0.423 e. The van der Waals surface area contributed by atoms with Gasteiger partial charge in [-0.05, 0) is 87.6 Å². The molecule has 0 spiro atoms. The Balaban J connectivity index is 2.20. The van der Waals surface area contributed by atoms with Gasteiger partial charge in [-0.1, -0.05) is 0 Å². The first-order valence-electron chi connectivity index (χ1n) is 5.52. The van der Waals surface area contributed by atoms with Gasteiger partial charge in [0.15, 0.2) is 0 Å². The minimum absolute atomic E-state index is 0.196. The van der Waals surface area contributed by atoms with E-state index in [0.29, 0.717) is 5.56 Å². The summed E-state index contributed by atoms with van der Waals surface area (Å²) >= 11 is 4.18. The fourth-order valence-corrected chi connectivity index (χ4v) is 3.80. The van der Waals surface area contributed by atoms with Crippen LogP contribution < -0.4 is 4.74 Å². The van der Waals surface area contributed by atoms with Crippen LogP contribution in [0.5, 0.6) is 5.75 Å². The number of hydrogen-bond donors (Lipinski definition) is 1. The molecule has 0 saturated heterocycles. The van der Waals surface area contributed by atoms with Gasteiger partial charge < -0.3 is 4.74 Å². The summed E-state index contributed by atoms with van der Waals surface area (Å²) in [5.74, 6) is -0.336. The molecule has 2 aromatic rings. The topological polar surface area (TPSA) is 80.7 Å². The summed E-state index contributed by atoms with van der Waals surface area (Å²) in [6.45, 7) is 0. The Labute approximate surface area is 148 Å². The molecule has 0 amide bonds. The third-order valence-electron chi connectivity index (χ3n) is 2.48. The normalized spacial score (nSPS) is 11.2. The second-order valence-electron chi connectivity index (χ2n) is 3.96. The average molecular weight is 530 g/mol. The third-order valence-corrected chi connectivity index (χ3v) is 4.91. The second-order valence-corrected chi connectivity index (χ2v) is 7.79. The third kappa shape index (κ3) is 4.37. The quantitative estimate of drug-likeness (QED) is 0.285. The van der Waals surface area contributed by atoms with Crippen molar-refractivity contribution < 1.29 is 22.5 Å². The van der Waals surface area contributed by atoms with Crippen LogP contribution >= 0.6 is 45.2 Å². The van der Waals surface area contributed by atoms with Crippen LogP contribution in [0.2, 0.25) is 0 Å². The Bertz CT molecular complexity index is 785. The van der Waals surface area contributed by atoms with E-state index in [1.807, 2.05) is 28.7 Å². The Morgan fingerprint density at radius 3 is 2.19 bits per heavy atom. The van der Waals surface area contributed by atoms with Gasteiger partial charge in [0.05, 0.1) is 10.5 Å². The molecule has 0 atom stereocenters. The molecule has 0 aliphatic rings. The van der Waals surface area contributed by atoms with Crippen LogP contribution in [0.15, 0.2) is 47.4 Å². The van der Waals surface area contributed by atoms with Gasteiger partial charge in [-0.15, -0.1) is 0 Å². The van der Waals surface area contributed by atoms with Crippen molar-refractivity contribution in [3.05, 3.63) is 55.2 Å². The van der Waals surface area contributed by atoms with Gasteiger partial charge in [-0.25, -0.2) is 4.79 Å². The van der Waals surface area contributed by atoms with Gasteiger partial charge in [0.1, 0.15) is 5.75 Å². The summed E-state index contributed by atoms with van der Waals surface area (Å²) in [6, 6.07) is 10.2. The molecule has 0 aromatic heterocycles. The lowest BCUT2D eigenvalue weighted by Gasteiger charge is -2.06. The van der Waals surface area contributed by atoms with Crippen LogP contribution in [0.3, 0.4) is 0 Å². The molecule has 0 unspecified atom stereocenters. The van der Waals surface area contributed by atoms with Crippen molar-refractivity contribution in [1.29, 1.82) is 0 Å². The fraction of sp³-hybridized carbons (Fsp3) is 0. The highest BCUT2D eigenvalue weighted by atomic mass is 127. The highest BCUT2D eigenvalue weighted by Gasteiger charge is 2.14. The molecular weight excluding hydrogens is 522 g/mol. The summed E-state index contributed by atoms with van der Waals surface area (Å²) < 4.78 is 37.6. The Morgan fingerprint density at radius 1 is 1.05 bits per heavy atom. The molecule has 0 aliphatic heterocycles. The molecule has 0 heterocycles. The average Bonchev–Trinajstić information content (AvgIpc) is 2.38. The molecule has 110 valence electrons. The van der Waals surface area contributed by atoms with Gasteiger partial charge in [0, 0.05) is 7.14 Å². The van der Waals surface area contributed by atoms with Crippen molar-refractivity contribution in [3.63, 3.8) is 0 Å². The maximum atomic E-state index is 12.0. The smallest absolute Gasteiger partial charge is 0.344 e. The second kappa shape index (κ2) is 6.58. The van der Waals surface area contributed by atoms with E-state index in [0.717, 1.165) is 19.3 Å². The first kappa shape index (κ1) is 16.6. The Hall–Kier alpha value is -0.720. The highest BCUT2D eigenvalue weighted by Crippen LogP contribution is 2.20. The number of hydrogen-bond acceptors (Lipinski definition) is 4. The maximum absolute atomic E-state index is 12.0. The number of carbonyl (C=O) groups is 1. The van der Waals surface area contributed by atoms with Crippen LogP contribution in [0.25, 0.3) is 0 Å². The van der Waals surface area contributed by atoms with Gasteiger partial charge >= 0.3 is 5.97 Å². The molecule has 21 heavy (non-hydrogen) atoms. The van der Waals surface area contributed by atoms with Crippen LogP contribution in [0, 0.1) is 7.14 Å². The largest absolute Gasteiger partial charge is 0.423 e. The zero-order chi connectivity index (χ0) is 15.6. The standard InChI is InChI=1S/C13H8I2O5S/c14-8-1-6-11(12(15)7-8)13(16)20-9-2-4-10(5-3-9)21(17,18)19/h1-7H,(H,17,18,19). The van der Waals surface area contributed by atoms with E-state index in [1.54, 1.807) is 12.1 Å². The fourth-order valence-electron chi connectivity index (χ4n) is 1.50. The van der Waals surface area contributed by atoms with Crippen molar-refractivity contribution in [3.8, 4) is 5.75 Å². The molecule has 8 heteroatoms. The van der Waals surface area contributed by atoms with E-state index in [1.165, 1.54) is 12.1 Å². The Kier molecular flexibility index (Phi) is 5.22. The molecule has 0 fully saturated rings. The molecule has 0 aliphatic carbocycles. The van der Waals surface area contributed by atoms with Crippen molar-refractivity contribution in [2.24, 2.45) is 0 Å². The van der Waals surface area contributed by atoms with Crippen LogP contribution in [-0.2, 0) is 10.1 Å². The van der Waals surface area contributed by atoms with Crippen molar-refractivity contribution in [1.82, 2.24) is 0 Å². The molecule has 2 aromatic carbocycles. The van der Waals surface area contributed by atoms with Crippen molar-refractivity contribution in [2.45, 2.75) is 4.90 Å². The summed E-state index contributed by atoms with van der Waals surface area (Å²) in [7, 11) is -4.25. The SMILES string of the molecule is O=C(Oc1ccc(S(=O)(=O)O)cc1)c1ccc(I)cc1I. The lowest BCUT2D eigenvalue weighted by atomic mass is 10.2. The molecule has 1 N–H and O–H groups in total. The first-order chi connectivity index (χ1) is 9.77. The molecular formula is C13H8I2O5S. The molecule has 0 radical (unpaired) electrons. The molecule has 2 rings (SSSR count). The minimum atomic E-state index is -4.25. The van der Waals surface area contributed by atoms with E-state index >= 15 is 0 Å². The number of ether oxygens (including phenoxy) is 1. The zero-order valence-corrected chi connectivity index (χ0v) is 15.4. The van der Waals surface area contributed by atoms with Crippen LogP contribution in [-0.4, -0.2) is 18.9 Å². The zero-order valence-electron chi connectivity index (χ0n) is 10.3. The summed E-state index contributed by atoms with van der Waals surface area (Å²) in [5, 5.41) is 0. The summed E-state index contributed by atoms with van der Waals surface area (Å²) in [4.78, 5) is 11.8.